The molecule has 30 heavy (non-hydrogen) atoms. The van der Waals surface area contributed by atoms with Crippen molar-refractivity contribution in [3.05, 3.63) is 107 Å². The molecule has 4 rings (SSSR count). The van der Waals surface area contributed by atoms with Crippen LogP contribution < -0.4 is 0 Å². The Balaban J connectivity index is 1.25. The molecule has 0 heterocycles. The molecule has 0 saturated heterocycles. The number of aryl methyl sites for hydroxylation is 2. The Morgan fingerprint density at radius 3 is 1.90 bits per heavy atom. The van der Waals surface area contributed by atoms with Gasteiger partial charge in [-0.15, -0.1) is 0 Å². The molecule has 0 aromatic heterocycles. The smallest absolute Gasteiger partial charge is 0.123 e. The molecule has 0 N–H and O–H groups in total. The van der Waals surface area contributed by atoms with Gasteiger partial charge in [0, 0.05) is 0 Å². The minimum absolute atomic E-state index is 0.160. The fraction of sp³-hybridized carbons (Fsp3) is 0.379. The molecule has 1 heteroatoms. The van der Waals surface area contributed by atoms with Gasteiger partial charge in [-0.1, -0.05) is 73.7 Å². The van der Waals surface area contributed by atoms with Gasteiger partial charge in [0.2, 0.25) is 0 Å². The van der Waals surface area contributed by atoms with E-state index in [0.29, 0.717) is 5.92 Å². The van der Waals surface area contributed by atoms with Crippen LogP contribution in [0.5, 0.6) is 0 Å². The first kappa shape index (κ1) is 20.8. The van der Waals surface area contributed by atoms with Crippen molar-refractivity contribution >= 4 is 0 Å². The van der Waals surface area contributed by atoms with E-state index in [2.05, 4.69) is 61.5 Å². The summed E-state index contributed by atoms with van der Waals surface area (Å²) in [6, 6.07) is 27.1. The van der Waals surface area contributed by atoms with Gasteiger partial charge >= 0.3 is 0 Å². The van der Waals surface area contributed by atoms with Gasteiger partial charge in [0.15, 0.2) is 0 Å². The number of hydrogen-bond acceptors (Lipinski definition) is 0. The predicted octanol–water partition coefficient (Wildman–Crippen LogP) is 8.08. The van der Waals surface area contributed by atoms with Crippen molar-refractivity contribution in [3.63, 3.8) is 0 Å². The molecule has 0 nitrogen and oxygen atoms in total. The van der Waals surface area contributed by atoms with E-state index in [9.17, 15) is 4.39 Å². The van der Waals surface area contributed by atoms with Gasteiger partial charge in [0.1, 0.15) is 5.82 Å². The van der Waals surface area contributed by atoms with Crippen LogP contribution in [0.15, 0.2) is 78.9 Å². The van der Waals surface area contributed by atoms with Crippen molar-refractivity contribution in [2.24, 2.45) is 5.92 Å². The summed E-state index contributed by atoms with van der Waals surface area (Å²) < 4.78 is 13.0. The normalized spacial score (nSPS) is 20.1. The van der Waals surface area contributed by atoms with Crippen LogP contribution in [0.4, 0.5) is 4.39 Å². The zero-order valence-electron chi connectivity index (χ0n) is 18.1. The van der Waals surface area contributed by atoms with E-state index in [0.717, 1.165) is 24.7 Å². The minimum atomic E-state index is -0.160. The largest absolute Gasteiger partial charge is 0.207 e. The lowest BCUT2D eigenvalue weighted by molar-refractivity contribution is 0.297. The predicted molar refractivity (Wildman–Crippen MR) is 124 cm³/mol. The summed E-state index contributed by atoms with van der Waals surface area (Å²) in [6.07, 6.45) is 8.64. The monoisotopic (exact) mass is 400 g/mol. The van der Waals surface area contributed by atoms with Crippen LogP contribution >= 0.6 is 0 Å². The second kappa shape index (κ2) is 10.1. The van der Waals surface area contributed by atoms with Gasteiger partial charge in [-0.25, -0.2) is 4.39 Å². The van der Waals surface area contributed by atoms with Crippen molar-refractivity contribution in [1.82, 2.24) is 0 Å². The highest BCUT2D eigenvalue weighted by Crippen LogP contribution is 2.39. The van der Waals surface area contributed by atoms with Gasteiger partial charge in [-0.05, 0) is 97.1 Å². The molecule has 0 aliphatic heterocycles. The summed E-state index contributed by atoms with van der Waals surface area (Å²) in [4.78, 5) is 0. The summed E-state index contributed by atoms with van der Waals surface area (Å²) in [5.74, 6) is 2.09. The van der Waals surface area contributed by atoms with Crippen LogP contribution in [-0.2, 0) is 12.8 Å². The van der Waals surface area contributed by atoms with E-state index in [-0.39, 0.29) is 5.82 Å². The summed E-state index contributed by atoms with van der Waals surface area (Å²) >= 11 is 0. The summed E-state index contributed by atoms with van der Waals surface area (Å²) in [5, 5.41) is 0. The van der Waals surface area contributed by atoms with Crippen LogP contribution in [0.3, 0.4) is 0 Å². The fourth-order valence-corrected chi connectivity index (χ4v) is 5.05. The highest BCUT2D eigenvalue weighted by molar-refractivity contribution is 5.27. The summed E-state index contributed by atoms with van der Waals surface area (Å²) in [5.41, 5.74) is 5.56. The van der Waals surface area contributed by atoms with Crippen molar-refractivity contribution in [2.45, 2.75) is 63.7 Å². The Labute approximate surface area is 181 Å². The number of rotatable bonds is 7. The van der Waals surface area contributed by atoms with Crippen LogP contribution in [0.25, 0.3) is 0 Å². The number of halogens is 1. The van der Waals surface area contributed by atoms with Crippen LogP contribution in [0.1, 0.15) is 73.1 Å². The maximum Gasteiger partial charge on any atom is 0.123 e. The zero-order valence-corrected chi connectivity index (χ0v) is 18.1. The van der Waals surface area contributed by atoms with E-state index >= 15 is 0 Å². The first-order chi connectivity index (χ1) is 14.7. The van der Waals surface area contributed by atoms with Crippen molar-refractivity contribution < 1.29 is 4.39 Å². The maximum absolute atomic E-state index is 13.0. The second-order valence-electron chi connectivity index (χ2n) is 9.13. The minimum Gasteiger partial charge on any atom is -0.207 e. The Morgan fingerprint density at radius 1 is 0.733 bits per heavy atom. The van der Waals surface area contributed by atoms with Crippen LogP contribution in [-0.4, -0.2) is 0 Å². The summed E-state index contributed by atoms with van der Waals surface area (Å²) in [7, 11) is 0. The quantitative estimate of drug-likeness (QED) is 0.376. The van der Waals surface area contributed by atoms with Crippen molar-refractivity contribution in [1.29, 1.82) is 0 Å². The molecule has 3 aromatic rings. The Morgan fingerprint density at radius 2 is 1.30 bits per heavy atom. The third-order valence-electron chi connectivity index (χ3n) is 6.97. The lowest BCUT2D eigenvalue weighted by atomic mass is 9.75. The van der Waals surface area contributed by atoms with E-state index in [4.69, 9.17) is 0 Å². The van der Waals surface area contributed by atoms with Crippen LogP contribution in [0, 0.1) is 11.7 Å². The molecule has 0 amide bonds. The van der Waals surface area contributed by atoms with Gasteiger partial charge in [-0.2, -0.15) is 0 Å². The first-order valence-electron chi connectivity index (χ1n) is 11.6. The van der Waals surface area contributed by atoms with Crippen molar-refractivity contribution in [3.8, 4) is 0 Å². The average Bonchev–Trinajstić information content (AvgIpc) is 2.80. The molecule has 1 aliphatic carbocycles. The van der Waals surface area contributed by atoms with Crippen molar-refractivity contribution in [2.75, 3.05) is 0 Å². The number of hydrogen-bond donors (Lipinski definition) is 0. The Kier molecular flexibility index (Phi) is 7.00. The van der Waals surface area contributed by atoms with Gasteiger partial charge in [-0.3, -0.25) is 0 Å². The zero-order chi connectivity index (χ0) is 20.8. The van der Waals surface area contributed by atoms with E-state index in [1.165, 1.54) is 54.4 Å². The molecule has 1 saturated carbocycles. The molecule has 1 atom stereocenters. The molecule has 1 unspecified atom stereocenters. The molecule has 0 radical (unpaired) electrons. The molecular weight excluding hydrogens is 367 g/mol. The third-order valence-corrected chi connectivity index (χ3v) is 6.97. The molecule has 1 fully saturated rings. The SMILES string of the molecule is CC(CC1CCC(c2ccc(CCc3ccc(F)cc3)cc2)CC1)c1ccccc1. The number of benzene rings is 3. The fourth-order valence-electron chi connectivity index (χ4n) is 5.05. The highest BCUT2D eigenvalue weighted by atomic mass is 19.1. The lowest BCUT2D eigenvalue weighted by Crippen LogP contribution is -2.15. The standard InChI is InChI=1S/C29H33F/c1-22(26-5-3-2-4-6-26)21-25-11-17-28(18-12-25)27-15-9-23(10-16-27)7-8-24-13-19-29(30)20-14-24/h2-6,9-10,13-16,19-20,22,25,28H,7-8,11-12,17-18,21H2,1H3. The third kappa shape index (κ3) is 5.59. The first-order valence-corrected chi connectivity index (χ1v) is 11.6. The topological polar surface area (TPSA) is 0 Å². The molecular formula is C29H33F. The molecule has 3 aromatic carbocycles. The van der Waals surface area contributed by atoms with Crippen LogP contribution in [0.2, 0.25) is 0 Å². The second-order valence-corrected chi connectivity index (χ2v) is 9.13. The lowest BCUT2D eigenvalue weighted by Gasteiger charge is -2.30. The van der Waals surface area contributed by atoms with E-state index < -0.39 is 0 Å². The average molecular weight is 401 g/mol. The van der Waals surface area contributed by atoms with Gasteiger partial charge in [0.25, 0.3) is 0 Å². The molecule has 156 valence electrons. The van der Waals surface area contributed by atoms with Gasteiger partial charge < -0.3 is 0 Å². The molecule has 0 spiro atoms. The van der Waals surface area contributed by atoms with E-state index in [1.807, 2.05) is 12.1 Å². The maximum atomic E-state index is 13.0. The molecule has 1 aliphatic rings. The summed E-state index contributed by atoms with van der Waals surface area (Å²) in [6.45, 7) is 2.38. The van der Waals surface area contributed by atoms with Gasteiger partial charge in [0.05, 0.1) is 0 Å². The molecule has 0 bridgehead atoms. The highest BCUT2D eigenvalue weighted by Gasteiger charge is 2.24. The van der Waals surface area contributed by atoms with E-state index in [1.54, 1.807) is 12.1 Å². The Bertz CT molecular complexity index is 887. The Hall–Kier alpha value is -2.41.